The Morgan fingerprint density at radius 2 is 2.25 bits per heavy atom. The lowest BCUT2D eigenvalue weighted by atomic mass is 9.98. The molecule has 0 saturated carbocycles. The van der Waals surface area contributed by atoms with Crippen LogP contribution in [0.4, 0.5) is 0 Å². The Hall–Kier alpha value is -0.170. The molecule has 6 heteroatoms. The third-order valence-electron chi connectivity index (χ3n) is 2.56. The normalized spacial score (nSPS) is 15.0. The predicted molar refractivity (Wildman–Crippen MR) is 69.2 cm³/mol. The number of nitrogens with zero attached hydrogens (tertiary/aromatic N) is 2. The summed E-state index contributed by atoms with van der Waals surface area (Å²) >= 11 is 3.37. The number of aliphatic hydroxyl groups is 1. The minimum atomic E-state index is -0.155. The molecule has 1 atom stereocenters. The van der Waals surface area contributed by atoms with E-state index in [2.05, 4.69) is 15.5 Å². The summed E-state index contributed by atoms with van der Waals surface area (Å²) < 4.78 is 1.03. The first-order valence-electron chi connectivity index (χ1n) is 5.32. The molecule has 0 aliphatic carbocycles. The van der Waals surface area contributed by atoms with E-state index >= 15 is 0 Å². The minimum Gasteiger partial charge on any atom is -0.394 e. The molecule has 0 amide bonds. The van der Waals surface area contributed by atoms with Crippen molar-refractivity contribution in [2.45, 2.75) is 36.6 Å². The molecule has 1 heterocycles. The van der Waals surface area contributed by atoms with Gasteiger partial charge in [-0.2, -0.15) is 0 Å². The Morgan fingerprint density at radius 1 is 1.50 bits per heavy atom. The summed E-state index contributed by atoms with van der Waals surface area (Å²) in [5, 5.41) is 21.4. The lowest BCUT2D eigenvalue weighted by molar-refractivity contribution is 0.173. The molecule has 1 unspecified atom stereocenters. The monoisotopic (exact) mass is 261 g/mol. The van der Waals surface area contributed by atoms with Crippen molar-refractivity contribution in [3.63, 3.8) is 0 Å². The van der Waals surface area contributed by atoms with Crippen LogP contribution < -0.4 is 5.32 Å². The number of thioether (sulfide) groups is 1. The maximum Gasteiger partial charge on any atom is 0.174 e. The van der Waals surface area contributed by atoms with E-state index < -0.39 is 0 Å². The van der Waals surface area contributed by atoms with Gasteiger partial charge in [0.15, 0.2) is 4.34 Å². The minimum absolute atomic E-state index is 0.155. The van der Waals surface area contributed by atoms with Gasteiger partial charge < -0.3 is 10.4 Å². The van der Waals surface area contributed by atoms with Crippen LogP contribution in [0.15, 0.2) is 4.34 Å². The summed E-state index contributed by atoms with van der Waals surface area (Å²) in [6, 6.07) is 0. The van der Waals surface area contributed by atoms with Gasteiger partial charge in [-0.15, -0.1) is 10.2 Å². The molecule has 16 heavy (non-hydrogen) atoms. The summed E-state index contributed by atoms with van der Waals surface area (Å²) in [6.07, 6.45) is 2.02. The molecule has 1 rings (SSSR count). The molecule has 0 spiro atoms. The first-order chi connectivity index (χ1) is 7.59. The molecule has 0 aliphatic rings. The average molecular weight is 261 g/mol. The average Bonchev–Trinajstić information content (AvgIpc) is 2.70. The predicted octanol–water partition coefficient (Wildman–Crippen LogP) is 1.69. The van der Waals surface area contributed by atoms with Crippen LogP contribution in [0, 0.1) is 6.92 Å². The number of aryl methyl sites for hydroxylation is 1. The van der Waals surface area contributed by atoms with E-state index in [1.165, 1.54) is 0 Å². The molecule has 0 fully saturated rings. The van der Waals surface area contributed by atoms with Gasteiger partial charge in [0.2, 0.25) is 0 Å². The second-order valence-corrected chi connectivity index (χ2v) is 6.53. The van der Waals surface area contributed by atoms with Crippen LogP contribution in [-0.4, -0.2) is 40.3 Å². The number of nitrogens with one attached hydrogen (secondary N) is 1. The third-order valence-corrected chi connectivity index (χ3v) is 4.62. The highest BCUT2D eigenvalue weighted by molar-refractivity contribution is 8.01. The molecule has 0 aromatic carbocycles. The molecule has 0 aliphatic heterocycles. The van der Waals surface area contributed by atoms with Crippen LogP contribution in [0.1, 0.15) is 24.8 Å². The second kappa shape index (κ2) is 6.54. The quantitative estimate of drug-likeness (QED) is 0.578. The van der Waals surface area contributed by atoms with Gasteiger partial charge in [0.05, 0.1) is 6.61 Å². The Bertz CT molecular complexity index is 313. The van der Waals surface area contributed by atoms with Crippen LogP contribution in [-0.2, 0) is 0 Å². The molecule has 4 nitrogen and oxygen atoms in total. The standard InChI is InChI=1S/C10H19N3OS2/c1-8-12-13-9(16-8)15-6-4-5-10(2,7-14)11-3/h11,14H,4-7H2,1-3H3. The molecule has 0 saturated heterocycles. The summed E-state index contributed by atoms with van der Waals surface area (Å²) in [4.78, 5) is 0. The van der Waals surface area contributed by atoms with E-state index in [1.54, 1.807) is 23.1 Å². The maximum atomic E-state index is 9.22. The van der Waals surface area contributed by atoms with E-state index in [-0.39, 0.29) is 12.1 Å². The van der Waals surface area contributed by atoms with Gasteiger partial charge in [0.25, 0.3) is 0 Å². The van der Waals surface area contributed by atoms with Crippen LogP contribution in [0.5, 0.6) is 0 Å². The van der Waals surface area contributed by atoms with E-state index in [0.717, 1.165) is 27.9 Å². The van der Waals surface area contributed by atoms with Gasteiger partial charge in [-0.3, -0.25) is 0 Å². The fraction of sp³-hybridized carbons (Fsp3) is 0.800. The van der Waals surface area contributed by atoms with Gasteiger partial charge >= 0.3 is 0 Å². The van der Waals surface area contributed by atoms with Crippen molar-refractivity contribution >= 4 is 23.1 Å². The van der Waals surface area contributed by atoms with Crippen LogP contribution in [0.3, 0.4) is 0 Å². The molecular formula is C10H19N3OS2. The van der Waals surface area contributed by atoms with Gasteiger partial charge in [0.1, 0.15) is 5.01 Å². The van der Waals surface area contributed by atoms with Crippen LogP contribution >= 0.6 is 23.1 Å². The van der Waals surface area contributed by atoms with Crippen molar-refractivity contribution in [1.29, 1.82) is 0 Å². The largest absolute Gasteiger partial charge is 0.394 e. The Labute approximate surface area is 105 Å². The zero-order valence-corrected chi connectivity index (χ0v) is 11.6. The van der Waals surface area contributed by atoms with E-state index in [4.69, 9.17) is 0 Å². The van der Waals surface area contributed by atoms with Crippen molar-refractivity contribution in [2.24, 2.45) is 0 Å². The second-order valence-electron chi connectivity index (χ2n) is 4.01. The van der Waals surface area contributed by atoms with Gasteiger partial charge in [-0.25, -0.2) is 0 Å². The van der Waals surface area contributed by atoms with E-state index in [0.29, 0.717) is 0 Å². The van der Waals surface area contributed by atoms with Crippen molar-refractivity contribution in [2.75, 3.05) is 19.4 Å². The lowest BCUT2D eigenvalue weighted by Gasteiger charge is -2.26. The van der Waals surface area contributed by atoms with Crippen molar-refractivity contribution in [1.82, 2.24) is 15.5 Å². The number of hydrogen-bond donors (Lipinski definition) is 2. The molecule has 0 bridgehead atoms. The maximum absolute atomic E-state index is 9.22. The third kappa shape index (κ3) is 4.37. The van der Waals surface area contributed by atoms with Crippen LogP contribution in [0.2, 0.25) is 0 Å². The zero-order valence-electron chi connectivity index (χ0n) is 9.99. The topological polar surface area (TPSA) is 58.0 Å². The van der Waals surface area contributed by atoms with Gasteiger partial charge in [-0.05, 0) is 33.7 Å². The number of aromatic nitrogens is 2. The summed E-state index contributed by atoms with van der Waals surface area (Å²) in [7, 11) is 1.89. The van der Waals surface area contributed by atoms with Crippen LogP contribution in [0.25, 0.3) is 0 Å². The van der Waals surface area contributed by atoms with Gasteiger partial charge in [0, 0.05) is 11.3 Å². The number of hydrogen-bond acceptors (Lipinski definition) is 6. The molecule has 92 valence electrons. The highest BCUT2D eigenvalue weighted by Gasteiger charge is 2.19. The summed E-state index contributed by atoms with van der Waals surface area (Å²) in [6.45, 7) is 4.17. The molecule has 1 aromatic rings. The molecule has 1 aromatic heterocycles. The summed E-state index contributed by atoms with van der Waals surface area (Å²) in [5.41, 5.74) is -0.155. The lowest BCUT2D eigenvalue weighted by Crippen LogP contribution is -2.43. The highest BCUT2D eigenvalue weighted by Crippen LogP contribution is 2.24. The Kier molecular flexibility index (Phi) is 5.68. The summed E-state index contributed by atoms with van der Waals surface area (Å²) in [5.74, 6) is 1.02. The fourth-order valence-corrected chi connectivity index (χ4v) is 3.07. The van der Waals surface area contributed by atoms with Crippen molar-refractivity contribution < 1.29 is 5.11 Å². The van der Waals surface area contributed by atoms with Crippen molar-refractivity contribution in [3.8, 4) is 0 Å². The fourth-order valence-electron chi connectivity index (χ4n) is 1.24. The molecular weight excluding hydrogens is 242 g/mol. The molecule has 2 N–H and O–H groups in total. The van der Waals surface area contributed by atoms with E-state index in [9.17, 15) is 5.11 Å². The number of aliphatic hydroxyl groups excluding tert-OH is 1. The smallest absolute Gasteiger partial charge is 0.174 e. The highest BCUT2D eigenvalue weighted by atomic mass is 32.2. The SMILES string of the molecule is CNC(C)(CO)CCCSc1nnc(C)s1. The zero-order chi connectivity index (χ0) is 12.0. The van der Waals surface area contributed by atoms with E-state index in [1.807, 2.05) is 20.9 Å². The Morgan fingerprint density at radius 3 is 2.75 bits per heavy atom. The molecule has 0 radical (unpaired) electrons. The van der Waals surface area contributed by atoms with Gasteiger partial charge in [-0.1, -0.05) is 23.1 Å². The number of likely N-dealkylation sites (N-methyl/N-ethyl adjacent to an activating group) is 1. The van der Waals surface area contributed by atoms with Crippen molar-refractivity contribution in [3.05, 3.63) is 5.01 Å². The number of rotatable bonds is 7. The first-order valence-corrected chi connectivity index (χ1v) is 7.12. The first kappa shape index (κ1) is 13.9. The Balaban J connectivity index is 2.21.